The Balaban J connectivity index is 1.67. The van der Waals surface area contributed by atoms with Crippen LogP contribution in [0.25, 0.3) is 0 Å². The molecule has 0 saturated carbocycles. The van der Waals surface area contributed by atoms with Crippen LogP contribution in [0.1, 0.15) is 13.3 Å². The molecule has 1 aliphatic rings. The largest absolute Gasteiger partial charge is 0.497 e. The normalized spacial score (nSPS) is 17.8. The lowest BCUT2D eigenvalue weighted by molar-refractivity contribution is -0.128. The van der Waals surface area contributed by atoms with E-state index in [2.05, 4.69) is 10.3 Å². The summed E-state index contributed by atoms with van der Waals surface area (Å²) in [5.74, 6) is 0.381. The molecule has 1 saturated heterocycles. The molecule has 1 heterocycles. The molecule has 3 rings (SSSR count). The third kappa shape index (κ3) is 4.85. The van der Waals surface area contributed by atoms with Gasteiger partial charge in [0.05, 0.1) is 12.8 Å². The van der Waals surface area contributed by atoms with Gasteiger partial charge >= 0.3 is 0 Å². The molecule has 0 aliphatic carbocycles. The Bertz CT molecular complexity index is 885. The van der Waals surface area contributed by atoms with E-state index in [0.29, 0.717) is 33.9 Å². The highest BCUT2D eigenvalue weighted by Crippen LogP contribution is 2.32. The second-order valence-corrected chi connectivity index (χ2v) is 7.65. The number of thioether (sulfide) groups is 1. The molecule has 146 valence electrons. The highest BCUT2D eigenvalue weighted by Gasteiger charge is 2.38. The van der Waals surface area contributed by atoms with Crippen LogP contribution < -0.4 is 10.1 Å². The van der Waals surface area contributed by atoms with Crippen molar-refractivity contribution in [3.8, 4) is 5.75 Å². The first-order valence-corrected chi connectivity index (χ1v) is 10.0. The van der Waals surface area contributed by atoms with Crippen molar-refractivity contribution in [2.24, 2.45) is 4.99 Å². The van der Waals surface area contributed by atoms with Crippen molar-refractivity contribution in [2.75, 3.05) is 19.0 Å². The third-order valence-electron chi connectivity index (χ3n) is 4.13. The van der Waals surface area contributed by atoms with E-state index in [-0.39, 0.29) is 18.2 Å². The van der Waals surface area contributed by atoms with Gasteiger partial charge in [-0.15, -0.1) is 0 Å². The monoisotopic (exact) mass is 417 g/mol. The second-order valence-electron chi connectivity index (χ2n) is 6.04. The van der Waals surface area contributed by atoms with Gasteiger partial charge in [0.25, 0.3) is 0 Å². The number of benzene rings is 2. The molecule has 0 bridgehead atoms. The molecule has 2 aromatic rings. The van der Waals surface area contributed by atoms with E-state index >= 15 is 0 Å². The molecule has 0 spiro atoms. The molecule has 1 fully saturated rings. The zero-order chi connectivity index (χ0) is 20.1. The predicted molar refractivity (Wildman–Crippen MR) is 114 cm³/mol. The number of nitrogens with zero attached hydrogens (tertiary/aromatic N) is 2. The Morgan fingerprint density at radius 1 is 1.21 bits per heavy atom. The number of carbonyl (C=O) groups is 2. The van der Waals surface area contributed by atoms with E-state index in [1.807, 2.05) is 6.92 Å². The lowest BCUT2D eigenvalue weighted by atomic mass is 10.2. The standard InChI is InChI=1S/C20H20ClN3O3S/c1-3-24-19(26)17(28-20(24)23-15-6-4-13(21)5-7-15)12-18(25)22-14-8-10-16(27-2)11-9-14/h4-11,17H,3,12H2,1-2H3,(H,22,25)/t17-/m1/s1. The number of hydrogen-bond donors (Lipinski definition) is 1. The van der Waals surface area contributed by atoms with Gasteiger partial charge < -0.3 is 10.1 Å². The zero-order valence-corrected chi connectivity index (χ0v) is 17.1. The van der Waals surface area contributed by atoms with Gasteiger partial charge in [0.15, 0.2) is 5.17 Å². The minimum atomic E-state index is -0.496. The summed E-state index contributed by atoms with van der Waals surface area (Å²) in [6.45, 7) is 2.38. The van der Waals surface area contributed by atoms with Crippen LogP contribution in [-0.2, 0) is 9.59 Å². The van der Waals surface area contributed by atoms with Gasteiger partial charge in [-0.2, -0.15) is 0 Å². The van der Waals surface area contributed by atoms with Crippen molar-refractivity contribution in [1.29, 1.82) is 0 Å². The lowest BCUT2D eigenvalue weighted by Crippen LogP contribution is -2.33. The molecule has 6 nitrogen and oxygen atoms in total. The fourth-order valence-corrected chi connectivity index (χ4v) is 4.04. The van der Waals surface area contributed by atoms with E-state index in [9.17, 15) is 9.59 Å². The van der Waals surface area contributed by atoms with Crippen LogP contribution in [0, 0.1) is 0 Å². The summed E-state index contributed by atoms with van der Waals surface area (Å²) >= 11 is 7.21. The highest BCUT2D eigenvalue weighted by molar-refractivity contribution is 8.15. The molecule has 1 aliphatic heterocycles. The van der Waals surface area contributed by atoms with Crippen LogP contribution in [-0.4, -0.2) is 40.8 Å². The first kappa shape index (κ1) is 20.2. The number of methoxy groups -OCH3 is 1. The number of amidine groups is 1. The van der Waals surface area contributed by atoms with E-state index in [1.54, 1.807) is 60.5 Å². The van der Waals surface area contributed by atoms with E-state index < -0.39 is 5.25 Å². The number of halogens is 1. The van der Waals surface area contributed by atoms with Crippen LogP contribution in [0.5, 0.6) is 5.75 Å². The molecule has 0 aromatic heterocycles. The van der Waals surface area contributed by atoms with Gasteiger partial charge in [-0.1, -0.05) is 23.4 Å². The Labute approximate surface area is 172 Å². The van der Waals surface area contributed by atoms with E-state index in [4.69, 9.17) is 16.3 Å². The van der Waals surface area contributed by atoms with Gasteiger partial charge in [0.2, 0.25) is 11.8 Å². The number of ether oxygens (including phenoxy) is 1. The van der Waals surface area contributed by atoms with E-state index in [0.717, 1.165) is 0 Å². The average Bonchev–Trinajstić information content (AvgIpc) is 2.98. The summed E-state index contributed by atoms with van der Waals surface area (Å²) in [6.07, 6.45) is 0.0751. The summed E-state index contributed by atoms with van der Waals surface area (Å²) in [5, 5.41) is 3.53. The fraction of sp³-hybridized carbons (Fsp3) is 0.250. The number of carbonyl (C=O) groups excluding carboxylic acids is 2. The quantitative estimate of drug-likeness (QED) is 0.759. The second kappa shape index (κ2) is 9.12. The molecule has 28 heavy (non-hydrogen) atoms. The maximum atomic E-state index is 12.7. The molecule has 0 unspecified atom stereocenters. The first-order chi connectivity index (χ1) is 13.5. The molecule has 2 aromatic carbocycles. The molecular weight excluding hydrogens is 398 g/mol. The third-order valence-corrected chi connectivity index (χ3v) is 5.56. The van der Waals surface area contributed by atoms with Gasteiger partial charge in [0.1, 0.15) is 11.0 Å². The predicted octanol–water partition coefficient (Wildman–Crippen LogP) is 4.33. The fourth-order valence-electron chi connectivity index (χ4n) is 2.70. The maximum Gasteiger partial charge on any atom is 0.242 e. The topological polar surface area (TPSA) is 71.0 Å². The van der Waals surface area contributed by atoms with Crippen LogP contribution >= 0.6 is 23.4 Å². The summed E-state index contributed by atoms with van der Waals surface area (Å²) in [4.78, 5) is 31.2. The van der Waals surface area contributed by atoms with Crippen molar-refractivity contribution < 1.29 is 14.3 Å². The van der Waals surface area contributed by atoms with Crippen molar-refractivity contribution in [3.05, 3.63) is 53.6 Å². The van der Waals surface area contributed by atoms with Crippen molar-refractivity contribution in [1.82, 2.24) is 4.90 Å². The Hall–Kier alpha value is -2.51. The van der Waals surface area contributed by atoms with Crippen LogP contribution in [0.15, 0.2) is 53.5 Å². The van der Waals surface area contributed by atoms with Crippen LogP contribution in [0.4, 0.5) is 11.4 Å². The number of nitrogens with one attached hydrogen (secondary N) is 1. The minimum absolute atomic E-state index is 0.0751. The van der Waals surface area contributed by atoms with Gasteiger partial charge in [-0.3, -0.25) is 14.5 Å². The van der Waals surface area contributed by atoms with E-state index in [1.165, 1.54) is 11.8 Å². The summed E-state index contributed by atoms with van der Waals surface area (Å²) in [7, 11) is 1.58. The molecule has 0 radical (unpaired) electrons. The molecule has 8 heteroatoms. The average molecular weight is 418 g/mol. The smallest absolute Gasteiger partial charge is 0.242 e. The van der Waals surface area contributed by atoms with Crippen molar-refractivity contribution >= 4 is 51.7 Å². The van der Waals surface area contributed by atoms with Gasteiger partial charge in [-0.05, 0) is 55.5 Å². The van der Waals surface area contributed by atoms with Crippen molar-refractivity contribution in [3.63, 3.8) is 0 Å². The summed E-state index contributed by atoms with van der Waals surface area (Å²) < 4.78 is 5.10. The number of anilines is 1. The Morgan fingerprint density at radius 2 is 1.89 bits per heavy atom. The molecule has 1 atom stereocenters. The minimum Gasteiger partial charge on any atom is -0.497 e. The SMILES string of the molecule is CCN1C(=O)[C@@H](CC(=O)Nc2ccc(OC)cc2)SC1=Nc1ccc(Cl)cc1. The van der Waals surface area contributed by atoms with Crippen LogP contribution in [0.2, 0.25) is 5.02 Å². The summed E-state index contributed by atoms with van der Waals surface area (Å²) in [6, 6.07) is 14.1. The molecule has 1 N–H and O–H groups in total. The number of rotatable bonds is 6. The molecule has 2 amide bonds. The lowest BCUT2D eigenvalue weighted by Gasteiger charge is -2.13. The summed E-state index contributed by atoms with van der Waals surface area (Å²) in [5.41, 5.74) is 1.37. The Morgan fingerprint density at radius 3 is 2.50 bits per heavy atom. The first-order valence-electron chi connectivity index (χ1n) is 8.76. The highest BCUT2D eigenvalue weighted by atomic mass is 35.5. The Kier molecular flexibility index (Phi) is 6.59. The number of aliphatic imine (C=N–C) groups is 1. The van der Waals surface area contributed by atoms with Gasteiger partial charge in [-0.25, -0.2) is 4.99 Å². The number of amides is 2. The van der Waals surface area contributed by atoms with Crippen LogP contribution in [0.3, 0.4) is 0 Å². The van der Waals surface area contributed by atoms with Gasteiger partial charge in [0, 0.05) is 23.7 Å². The van der Waals surface area contributed by atoms with Crippen molar-refractivity contribution in [2.45, 2.75) is 18.6 Å². The molecular formula is C20H20ClN3O3S. The maximum absolute atomic E-state index is 12.7. The number of hydrogen-bond acceptors (Lipinski definition) is 5. The zero-order valence-electron chi connectivity index (χ0n) is 15.5.